The molecule has 1 N–H and O–H groups in total. The first kappa shape index (κ1) is 15.4. The molecule has 0 aliphatic heterocycles. The predicted octanol–water partition coefficient (Wildman–Crippen LogP) is 4.13. The molecule has 0 unspecified atom stereocenters. The van der Waals surface area contributed by atoms with Crippen molar-refractivity contribution >= 4 is 27.6 Å². The molecular formula is C15H12BrF2NO2. The Morgan fingerprint density at radius 3 is 2.71 bits per heavy atom. The lowest BCUT2D eigenvalue weighted by molar-refractivity contribution is 0.0601. The number of hydrogen-bond donors (Lipinski definition) is 1. The van der Waals surface area contributed by atoms with Gasteiger partial charge in [0.1, 0.15) is 11.6 Å². The second-order valence-electron chi connectivity index (χ2n) is 4.27. The van der Waals surface area contributed by atoms with Gasteiger partial charge in [0.05, 0.1) is 12.7 Å². The Labute approximate surface area is 129 Å². The van der Waals surface area contributed by atoms with Crippen molar-refractivity contribution in [3.63, 3.8) is 0 Å². The average Bonchev–Trinajstić information content (AvgIpc) is 2.48. The smallest absolute Gasteiger partial charge is 0.340 e. The molecule has 0 spiro atoms. The van der Waals surface area contributed by atoms with Gasteiger partial charge in [0.2, 0.25) is 0 Å². The van der Waals surface area contributed by atoms with Crippen molar-refractivity contribution in [3.8, 4) is 0 Å². The van der Waals surface area contributed by atoms with Crippen LogP contribution in [0.5, 0.6) is 0 Å². The van der Waals surface area contributed by atoms with Crippen molar-refractivity contribution in [3.05, 3.63) is 63.6 Å². The van der Waals surface area contributed by atoms with E-state index in [0.29, 0.717) is 11.3 Å². The highest BCUT2D eigenvalue weighted by molar-refractivity contribution is 9.10. The van der Waals surface area contributed by atoms with Gasteiger partial charge >= 0.3 is 5.97 Å². The SMILES string of the molecule is COC(=O)c1cc(F)ccc1NCc1cc(Br)ccc1F. The first-order valence-electron chi connectivity index (χ1n) is 6.07. The molecule has 0 fully saturated rings. The molecule has 6 heteroatoms. The van der Waals surface area contributed by atoms with Crippen LogP contribution in [0.2, 0.25) is 0 Å². The first-order valence-corrected chi connectivity index (χ1v) is 6.86. The minimum Gasteiger partial charge on any atom is -0.465 e. The van der Waals surface area contributed by atoms with E-state index in [4.69, 9.17) is 0 Å². The molecular weight excluding hydrogens is 344 g/mol. The third-order valence-electron chi connectivity index (χ3n) is 2.86. The average molecular weight is 356 g/mol. The molecule has 0 aliphatic rings. The van der Waals surface area contributed by atoms with Gasteiger partial charge in [-0.1, -0.05) is 15.9 Å². The first-order chi connectivity index (χ1) is 10.0. The maximum Gasteiger partial charge on any atom is 0.340 e. The highest BCUT2D eigenvalue weighted by Gasteiger charge is 2.13. The van der Waals surface area contributed by atoms with Crippen LogP contribution in [-0.2, 0) is 11.3 Å². The number of carbonyl (C=O) groups is 1. The van der Waals surface area contributed by atoms with Crippen LogP contribution in [-0.4, -0.2) is 13.1 Å². The van der Waals surface area contributed by atoms with E-state index in [9.17, 15) is 13.6 Å². The quantitative estimate of drug-likeness (QED) is 0.838. The number of methoxy groups -OCH3 is 1. The standard InChI is InChI=1S/C15H12BrF2NO2/c1-21-15(20)12-7-11(17)3-5-14(12)19-8-9-6-10(16)2-4-13(9)18/h2-7,19H,8H2,1H3. The van der Waals surface area contributed by atoms with E-state index in [0.717, 1.165) is 10.5 Å². The fourth-order valence-electron chi connectivity index (χ4n) is 1.82. The van der Waals surface area contributed by atoms with Crippen molar-refractivity contribution in [1.29, 1.82) is 0 Å². The van der Waals surface area contributed by atoms with Crippen LogP contribution in [0.1, 0.15) is 15.9 Å². The zero-order chi connectivity index (χ0) is 15.4. The number of rotatable bonds is 4. The van der Waals surface area contributed by atoms with E-state index in [1.807, 2.05) is 0 Å². The fourth-order valence-corrected chi connectivity index (χ4v) is 2.23. The van der Waals surface area contributed by atoms with Crippen molar-refractivity contribution in [2.24, 2.45) is 0 Å². The number of esters is 1. The summed E-state index contributed by atoms with van der Waals surface area (Å²) in [5.74, 6) is -1.58. The summed E-state index contributed by atoms with van der Waals surface area (Å²) in [5.41, 5.74) is 0.861. The minimum absolute atomic E-state index is 0.0629. The number of anilines is 1. The zero-order valence-electron chi connectivity index (χ0n) is 11.1. The molecule has 0 aliphatic carbocycles. The number of halogens is 3. The largest absolute Gasteiger partial charge is 0.465 e. The number of nitrogens with one attached hydrogen (secondary N) is 1. The maximum atomic E-state index is 13.6. The van der Waals surface area contributed by atoms with Gasteiger partial charge in [0, 0.05) is 22.3 Å². The molecule has 110 valence electrons. The van der Waals surface area contributed by atoms with Crippen molar-refractivity contribution in [1.82, 2.24) is 0 Å². The molecule has 0 radical (unpaired) electrons. The van der Waals surface area contributed by atoms with Crippen LogP contribution in [0.25, 0.3) is 0 Å². The molecule has 0 bridgehead atoms. The number of hydrogen-bond acceptors (Lipinski definition) is 3. The monoisotopic (exact) mass is 355 g/mol. The van der Waals surface area contributed by atoms with Gasteiger partial charge in [0.15, 0.2) is 0 Å². The predicted molar refractivity (Wildman–Crippen MR) is 79.2 cm³/mol. The molecule has 2 aromatic carbocycles. The number of benzene rings is 2. The van der Waals surface area contributed by atoms with E-state index >= 15 is 0 Å². The maximum absolute atomic E-state index is 13.6. The molecule has 2 aromatic rings. The summed E-state index contributed by atoms with van der Waals surface area (Å²) in [5, 5.41) is 2.91. The van der Waals surface area contributed by atoms with Gasteiger partial charge in [0.25, 0.3) is 0 Å². The van der Waals surface area contributed by atoms with Crippen LogP contribution in [0.3, 0.4) is 0 Å². The Hall–Kier alpha value is -1.95. The van der Waals surface area contributed by atoms with Gasteiger partial charge in [-0.3, -0.25) is 0 Å². The zero-order valence-corrected chi connectivity index (χ0v) is 12.7. The third-order valence-corrected chi connectivity index (χ3v) is 3.36. The van der Waals surface area contributed by atoms with Crippen LogP contribution < -0.4 is 5.32 Å². The van der Waals surface area contributed by atoms with Gasteiger partial charge in [-0.2, -0.15) is 0 Å². The second-order valence-corrected chi connectivity index (χ2v) is 5.19. The van der Waals surface area contributed by atoms with Gasteiger partial charge in [-0.25, -0.2) is 13.6 Å². The molecule has 0 saturated heterocycles. The fraction of sp³-hybridized carbons (Fsp3) is 0.133. The topological polar surface area (TPSA) is 38.3 Å². The van der Waals surface area contributed by atoms with Crippen LogP contribution in [0, 0.1) is 11.6 Å². The summed E-state index contributed by atoms with van der Waals surface area (Å²) in [7, 11) is 1.21. The van der Waals surface area contributed by atoms with Gasteiger partial charge in [-0.15, -0.1) is 0 Å². The lowest BCUT2D eigenvalue weighted by Crippen LogP contribution is -2.09. The van der Waals surface area contributed by atoms with Crippen LogP contribution in [0.15, 0.2) is 40.9 Å². The molecule has 21 heavy (non-hydrogen) atoms. The summed E-state index contributed by atoms with van der Waals surface area (Å²) in [6.45, 7) is 0.154. The van der Waals surface area contributed by atoms with E-state index in [1.165, 1.54) is 25.3 Å². The Morgan fingerprint density at radius 1 is 1.24 bits per heavy atom. The normalized spacial score (nSPS) is 10.3. The highest BCUT2D eigenvalue weighted by Crippen LogP contribution is 2.21. The molecule has 2 rings (SSSR count). The van der Waals surface area contributed by atoms with Gasteiger partial charge < -0.3 is 10.1 Å². The summed E-state index contributed by atoms with van der Waals surface area (Å²) >= 11 is 3.26. The molecule has 3 nitrogen and oxygen atoms in total. The van der Waals surface area contributed by atoms with E-state index in [2.05, 4.69) is 26.0 Å². The Morgan fingerprint density at radius 2 is 2.00 bits per heavy atom. The van der Waals surface area contributed by atoms with Crippen molar-refractivity contribution < 1.29 is 18.3 Å². The molecule has 0 heterocycles. The van der Waals surface area contributed by atoms with Crippen molar-refractivity contribution in [2.45, 2.75) is 6.54 Å². The summed E-state index contributed by atoms with van der Waals surface area (Å²) in [4.78, 5) is 11.6. The minimum atomic E-state index is -0.660. The summed E-state index contributed by atoms with van der Waals surface area (Å²) < 4.78 is 32.2. The number of carbonyl (C=O) groups excluding carboxylic acids is 1. The molecule has 0 amide bonds. The lowest BCUT2D eigenvalue weighted by Gasteiger charge is -2.11. The van der Waals surface area contributed by atoms with Crippen LogP contribution in [0.4, 0.5) is 14.5 Å². The Balaban J connectivity index is 2.24. The van der Waals surface area contributed by atoms with Crippen LogP contribution >= 0.6 is 15.9 Å². The molecule has 0 atom stereocenters. The second kappa shape index (κ2) is 6.67. The van der Waals surface area contributed by atoms with E-state index in [1.54, 1.807) is 12.1 Å². The van der Waals surface area contributed by atoms with Crippen molar-refractivity contribution in [2.75, 3.05) is 12.4 Å². The molecule has 0 aromatic heterocycles. The Kier molecular flexibility index (Phi) is 4.90. The van der Waals surface area contributed by atoms with E-state index < -0.39 is 11.8 Å². The summed E-state index contributed by atoms with van der Waals surface area (Å²) in [6, 6.07) is 8.27. The Bertz CT molecular complexity index is 677. The lowest BCUT2D eigenvalue weighted by atomic mass is 10.1. The number of ether oxygens (including phenoxy) is 1. The van der Waals surface area contributed by atoms with E-state index in [-0.39, 0.29) is 17.9 Å². The highest BCUT2D eigenvalue weighted by atomic mass is 79.9. The van der Waals surface area contributed by atoms with Gasteiger partial charge in [-0.05, 0) is 36.4 Å². The third kappa shape index (κ3) is 3.78. The summed E-state index contributed by atoms with van der Waals surface area (Å²) in [6.07, 6.45) is 0. The molecule has 0 saturated carbocycles.